The third-order valence-corrected chi connectivity index (χ3v) is 7.15. The topological polar surface area (TPSA) is 53.5 Å². The van der Waals surface area contributed by atoms with Gasteiger partial charge >= 0.3 is 0 Å². The number of nitrogens with zero attached hydrogens (tertiary/aromatic N) is 3. The van der Waals surface area contributed by atoms with Crippen molar-refractivity contribution in [3.05, 3.63) is 16.1 Å². The van der Waals surface area contributed by atoms with Gasteiger partial charge in [0.15, 0.2) is 0 Å². The van der Waals surface area contributed by atoms with Crippen molar-refractivity contribution >= 4 is 23.2 Å². The molecular weight excluding hydrogens is 334 g/mol. The molecule has 1 saturated carbocycles. The maximum atomic E-state index is 12.5. The second-order valence-electron chi connectivity index (χ2n) is 8.25. The summed E-state index contributed by atoms with van der Waals surface area (Å²) in [6.45, 7) is 7.34. The lowest BCUT2D eigenvalue weighted by molar-refractivity contribution is -0.143. The lowest BCUT2D eigenvalue weighted by Crippen LogP contribution is -2.52. The van der Waals surface area contributed by atoms with E-state index < -0.39 is 0 Å². The van der Waals surface area contributed by atoms with Gasteiger partial charge in [-0.05, 0) is 43.9 Å². The molecule has 25 heavy (non-hydrogen) atoms. The van der Waals surface area contributed by atoms with E-state index in [1.54, 1.807) is 11.3 Å². The Morgan fingerprint density at radius 1 is 1.36 bits per heavy atom. The van der Waals surface area contributed by atoms with Crippen LogP contribution in [0, 0.1) is 24.2 Å². The molecule has 1 aromatic heterocycles. The van der Waals surface area contributed by atoms with Crippen LogP contribution in [0.3, 0.4) is 0 Å². The van der Waals surface area contributed by atoms with Crippen LogP contribution in [0.25, 0.3) is 0 Å². The van der Waals surface area contributed by atoms with E-state index in [-0.39, 0.29) is 17.2 Å². The van der Waals surface area contributed by atoms with Crippen molar-refractivity contribution in [3.63, 3.8) is 0 Å². The number of aromatic nitrogens is 1. The molecule has 1 aromatic rings. The summed E-state index contributed by atoms with van der Waals surface area (Å²) < 4.78 is 0. The molecule has 0 N–H and O–H groups in total. The number of hydrogen-bond donors (Lipinski definition) is 0. The Morgan fingerprint density at radius 2 is 2.08 bits per heavy atom. The van der Waals surface area contributed by atoms with Gasteiger partial charge in [-0.25, -0.2) is 4.98 Å². The van der Waals surface area contributed by atoms with E-state index in [1.807, 2.05) is 11.8 Å². The Morgan fingerprint density at radius 3 is 2.68 bits per heavy atom. The highest BCUT2D eigenvalue weighted by atomic mass is 32.1. The summed E-state index contributed by atoms with van der Waals surface area (Å²) in [7, 11) is 0. The first kappa shape index (κ1) is 17.0. The molecule has 0 unspecified atom stereocenters. The van der Waals surface area contributed by atoms with E-state index in [2.05, 4.69) is 22.2 Å². The zero-order valence-electron chi connectivity index (χ0n) is 15.2. The predicted octanol–water partition coefficient (Wildman–Crippen LogP) is 2.84. The van der Waals surface area contributed by atoms with Crippen molar-refractivity contribution in [1.29, 1.82) is 0 Å². The Balaban J connectivity index is 1.37. The molecule has 0 aromatic carbocycles. The molecule has 3 heterocycles. The van der Waals surface area contributed by atoms with Gasteiger partial charge < -0.3 is 9.80 Å². The predicted molar refractivity (Wildman–Crippen MR) is 97.0 cm³/mol. The van der Waals surface area contributed by atoms with E-state index in [1.165, 1.54) is 0 Å². The molecule has 2 amide bonds. The van der Waals surface area contributed by atoms with E-state index in [4.69, 9.17) is 0 Å². The van der Waals surface area contributed by atoms with E-state index in [9.17, 15) is 9.59 Å². The van der Waals surface area contributed by atoms with Gasteiger partial charge in [0, 0.05) is 37.4 Å². The van der Waals surface area contributed by atoms with Crippen molar-refractivity contribution in [3.8, 4) is 0 Å². The maximum absolute atomic E-state index is 12.5. The van der Waals surface area contributed by atoms with Crippen LogP contribution in [-0.2, 0) is 16.1 Å². The Hall–Kier alpha value is -1.43. The number of aryl methyl sites for hydroxylation is 1. The van der Waals surface area contributed by atoms with Crippen molar-refractivity contribution in [2.45, 2.75) is 52.5 Å². The average molecular weight is 362 g/mol. The largest absolute Gasteiger partial charge is 0.342 e. The summed E-state index contributed by atoms with van der Waals surface area (Å²) in [4.78, 5) is 33.4. The number of piperidine rings is 2. The van der Waals surface area contributed by atoms with E-state index in [0.29, 0.717) is 24.8 Å². The van der Waals surface area contributed by atoms with Crippen LogP contribution in [0.4, 0.5) is 0 Å². The molecule has 6 heteroatoms. The minimum atomic E-state index is 0.199. The van der Waals surface area contributed by atoms with E-state index in [0.717, 1.165) is 56.0 Å². The first-order valence-electron chi connectivity index (χ1n) is 9.43. The van der Waals surface area contributed by atoms with Crippen LogP contribution in [0.2, 0.25) is 0 Å². The molecule has 0 radical (unpaired) electrons. The molecule has 5 nitrogen and oxygen atoms in total. The quantitative estimate of drug-likeness (QED) is 0.832. The van der Waals surface area contributed by atoms with Crippen LogP contribution in [0.1, 0.15) is 49.7 Å². The van der Waals surface area contributed by atoms with Gasteiger partial charge in [-0.15, -0.1) is 11.3 Å². The van der Waals surface area contributed by atoms with Crippen molar-refractivity contribution in [1.82, 2.24) is 14.8 Å². The van der Waals surface area contributed by atoms with Gasteiger partial charge in [-0.1, -0.05) is 6.92 Å². The average Bonchev–Trinajstić information content (AvgIpc) is 3.19. The van der Waals surface area contributed by atoms with Crippen LogP contribution in [-0.4, -0.2) is 46.2 Å². The standard InChI is InChI=1S/C19H27N3O2S/c1-13-9-16(13)18(24)21-7-5-19(6-8-21)4-3-17(23)22(12-19)10-15-11-25-14(2)20-15/h11,13,16H,3-10,12H2,1-2H3/t13-,16+/m1/s1. The molecule has 1 aliphatic carbocycles. The summed E-state index contributed by atoms with van der Waals surface area (Å²) in [5.41, 5.74) is 1.20. The first-order chi connectivity index (χ1) is 12.0. The van der Waals surface area contributed by atoms with Gasteiger partial charge in [0.2, 0.25) is 11.8 Å². The number of hydrogen-bond acceptors (Lipinski definition) is 4. The van der Waals surface area contributed by atoms with Crippen LogP contribution in [0.5, 0.6) is 0 Å². The maximum Gasteiger partial charge on any atom is 0.225 e. The fourth-order valence-corrected chi connectivity index (χ4v) is 5.04. The molecular formula is C19H27N3O2S. The van der Waals surface area contributed by atoms with Crippen molar-refractivity contribution in [2.24, 2.45) is 17.3 Å². The van der Waals surface area contributed by atoms with Crippen molar-refractivity contribution in [2.75, 3.05) is 19.6 Å². The first-order valence-corrected chi connectivity index (χ1v) is 10.3. The fraction of sp³-hybridized carbons (Fsp3) is 0.737. The van der Waals surface area contributed by atoms with Gasteiger partial charge in [0.05, 0.1) is 17.2 Å². The highest BCUT2D eigenvalue weighted by molar-refractivity contribution is 7.09. The third-order valence-electron chi connectivity index (χ3n) is 6.33. The van der Waals surface area contributed by atoms with Crippen LogP contribution >= 0.6 is 11.3 Å². The van der Waals surface area contributed by atoms with Gasteiger partial charge in [0.1, 0.15) is 0 Å². The minimum absolute atomic E-state index is 0.199. The summed E-state index contributed by atoms with van der Waals surface area (Å²) in [6, 6.07) is 0. The number of amides is 2. The van der Waals surface area contributed by atoms with E-state index >= 15 is 0 Å². The minimum Gasteiger partial charge on any atom is -0.342 e. The number of rotatable bonds is 3. The summed E-state index contributed by atoms with van der Waals surface area (Å²) in [6.07, 6.45) is 4.73. The number of likely N-dealkylation sites (tertiary alicyclic amines) is 2. The number of thiazole rings is 1. The molecule has 2 aliphatic heterocycles. The zero-order valence-corrected chi connectivity index (χ0v) is 16.0. The summed E-state index contributed by atoms with van der Waals surface area (Å²) in [5, 5.41) is 3.11. The SMILES string of the molecule is Cc1nc(CN2CC3(CCC2=O)CCN(C(=O)[C@H]2C[C@H]2C)CC3)cs1. The monoisotopic (exact) mass is 361 g/mol. The molecule has 1 spiro atoms. The van der Waals surface area contributed by atoms with Gasteiger partial charge in [-0.2, -0.15) is 0 Å². The lowest BCUT2D eigenvalue weighted by atomic mass is 9.72. The van der Waals surface area contributed by atoms with Gasteiger partial charge in [0.25, 0.3) is 0 Å². The number of carbonyl (C=O) groups excluding carboxylic acids is 2. The highest BCUT2D eigenvalue weighted by Gasteiger charge is 2.45. The van der Waals surface area contributed by atoms with Crippen LogP contribution < -0.4 is 0 Å². The Bertz CT molecular complexity index is 678. The highest BCUT2D eigenvalue weighted by Crippen LogP contribution is 2.43. The lowest BCUT2D eigenvalue weighted by Gasteiger charge is -2.47. The molecule has 2 saturated heterocycles. The Kier molecular flexibility index (Phi) is 4.34. The smallest absolute Gasteiger partial charge is 0.225 e. The van der Waals surface area contributed by atoms with Crippen molar-refractivity contribution < 1.29 is 9.59 Å². The normalized spacial score (nSPS) is 28.5. The second kappa shape index (κ2) is 6.38. The van der Waals surface area contributed by atoms with Crippen LogP contribution in [0.15, 0.2) is 5.38 Å². The second-order valence-corrected chi connectivity index (χ2v) is 9.31. The Labute approximate surface area is 153 Å². The number of carbonyl (C=O) groups is 2. The third kappa shape index (κ3) is 3.46. The summed E-state index contributed by atoms with van der Waals surface area (Å²) in [5.74, 6) is 1.48. The molecule has 2 atom stereocenters. The molecule has 3 aliphatic rings. The molecule has 0 bridgehead atoms. The molecule has 4 rings (SSSR count). The fourth-order valence-electron chi connectivity index (χ4n) is 4.43. The molecule has 3 fully saturated rings. The molecule has 136 valence electrons. The summed E-state index contributed by atoms with van der Waals surface area (Å²) >= 11 is 1.64. The van der Waals surface area contributed by atoms with Gasteiger partial charge in [-0.3, -0.25) is 9.59 Å². The zero-order chi connectivity index (χ0) is 17.6.